The van der Waals surface area contributed by atoms with Gasteiger partial charge < -0.3 is 8.83 Å². The number of nitrogens with zero attached hydrogens (tertiary/aromatic N) is 2. The summed E-state index contributed by atoms with van der Waals surface area (Å²) >= 11 is 0. The van der Waals surface area contributed by atoms with Gasteiger partial charge in [0.15, 0.2) is 0 Å². The molecule has 0 fully saturated rings. The Morgan fingerprint density at radius 3 is 2.57 bits per heavy atom. The van der Waals surface area contributed by atoms with E-state index < -0.39 is 0 Å². The summed E-state index contributed by atoms with van der Waals surface area (Å²) in [7, 11) is 0. The molecule has 0 radical (unpaired) electrons. The van der Waals surface area contributed by atoms with E-state index >= 15 is 0 Å². The molecule has 0 aliphatic rings. The third kappa shape index (κ3) is 2.77. The standard InChI is InChI=1S/C17H12N2O2/c1-12-7-8-15(20-12)11-19-17-14(10-18)9-16(21-17)13-5-3-2-4-6-13/h2-9,11H,1H3. The van der Waals surface area contributed by atoms with Gasteiger partial charge in [-0.15, -0.1) is 0 Å². The molecule has 0 atom stereocenters. The van der Waals surface area contributed by atoms with Crippen LogP contribution in [0, 0.1) is 18.3 Å². The summed E-state index contributed by atoms with van der Waals surface area (Å²) in [6.07, 6.45) is 1.54. The molecule has 0 N–H and O–H groups in total. The highest BCUT2D eigenvalue weighted by molar-refractivity contribution is 5.79. The molecule has 4 heteroatoms. The first kappa shape index (κ1) is 12.9. The fraction of sp³-hybridized carbons (Fsp3) is 0.0588. The maximum atomic E-state index is 9.17. The Morgan fingerprint density at radius 2 is 1.90 bits per heavy atom. The molecule has 0 bridgehead atoms. The van der Waals surface area contributed by atoms with E-state index in [1.807, 2.05) is 49.4 Å². The van der Waals surface area contributed by atoms with Crippen LogP contribution in [0.2, 0.25) is 0 Å². The van der Waals surface area contributed by atoms with Crippen molar-refractivity contribution in [3.63, 3.8) is 0 Å². The van der Waals surface area contributed by atoms with Crippen LogP contribution in [-0.2, 0) is 0 Å². The van der Waals surface area contributed by atoms with E-state index in [0.717, 1.165) is 11.3 Å². The van der Waals surface area contributed by atoms with Crippen molar-refractivity contribution in [2.75, 3.05) is 0 Å². The van der Waals surface area contributed by atoms with Crippen LogP contribution in [0.15, 0.2) is 62.4 Å². The Bertz CT molecular complexity index is 820. The lowest BCUT2D eigenvalue weighted by molar-refractivity contribution is 0.527. The van der Waals surface area contributed by atoms with E-state index in [0.29, 0.717) is 17.1 Å². The monoisotopic (exact) mass is 276 g/mol. The van der Waals surface area contributed by atoms with Gasteiger partial charge in [0, 0.05) is 11.6 Å². The first-order valence-corrected chi connectivity index (χ1v) is 6.46. The van der Waals surface area contributed by atoms with Crippen molar-refractivity contribution in [3.8, 4) is 17.4 Å². The molecule has 0 aliphatic heterocycles. The predicted molar refractivity (Wildman–Crippen MR) is 79.6 cm³/mol. The quantitative estimate of drug-likeness (QED) is 0.663. The summed E-state index contributed by atoms with van der Waals surface area (Å²) < 4.78 is 11.1. The Hall–Kier alpha value is -3.06. The minimum atomic E-state index is 0.283. The fourth-order valence-corrected chi connectivity index (χ4v) is 1.95. The first-order chi connectivity index (χ1) is 10.3. The molecule has 0 aliphatic carbocycles. The van der Waals surface area contributed by atoms with Crippen molar-refractivity contribution in [3.05, 3.63) is 65.6 Å². The third-order valence-corrected chi connectivity index (χ3v) is 2.96. The zero-order valence-corrected chi connectivity index (χ0v) is 11.4. The van der Waals surface area contributed by atoms with E-state index in [2.05, 4.69) is 11.1 Å². The summed E-state index contributed by atoms with van der Waals surface area (Å²) in [5, 5.41) is 9.17. The number of nitriles is 1. The van der Waals surface area contributed by atoms with Crippen molar-refractivity contribution >= 4 is 12.1 Å². The lowest BCUT2D eigenvalue weighted by Crippen LogP contribution is -1.74. The van der Waals surface area contributed by atoms with Gasteiger partial charge in [-0.2, -0.15) is 5.26 Å². The van der Waals surface area contributed by atoms with E-state index in [9.17, 15) is 5.26 Å². The maximum absolute atomic E-state index is 9.17. The summed E-state index contributed by atoms with van der Waals surface area (Å²) in [6.45, 7) is 1.86. The Balaban J connectivity index is 1.94. The second kappa shape index (κ2) is 5.51. The molecule has 102 valence electrons. The van der Waals surface area contributed by atoms with Gasteiger partial charge in [-0.25, -0.2) is 4.99 Å². The second-order valence-electron chi connectivity index (χ2n) is 4.51. The minimum absolute atomic E-state index is 0.283. The smallest absolute Gasteiger partial charge is 0.237 e. The lowest BCUT2D eigenvalue weighted by atomic mass is 10.1. The summed E-state index contributed by atoms with van der Waals surface area (Å²) in [5.74, 6) is 2.33. The van der Waals surface area contributed by atoms with Crippen LogP contribution >= 0.6 is 0 Å². The Morgan fingerprint density at radius 1 is 1.10 bits per heavy atom. The first-order valence-electron chi connectivity index (χ1n) is 6.46. The fourth-order valence-electron chi connectivity index (χ4n) is 1.95. The van der Waals surface area contributed by atoms with Crippen LogP contribution in [-0.4, -0.2) is 6.21 Å². The van der Waals surface area contributed by atoms with Crippen molar-refractivity contribution in [1.29, 1.82) is 5.26 Å². The molecule has 21 heavy (non-hydrogen) atoms. The molecule has 3 aromatic rings. The highest BCUT2D eigenvalue weighted by Crippen LogP contribution is 2.30. The van der Waals surface area contributed by atoms with Gasteiger partial charge in [0.1, 0.15) is 28.9 Å². The van der Waals surface area contributed by atoms with Gasteiger partial charge in [-0.05, 0) is 19.1 Å². The molecule has 2 aromatic heterocycles. The molecule has 0 saturated heterocycles. The molecular weight excluding hydrogens is 264 g/mol. The number of benzene rings is 1. The molecule has 2 heterocycles. The highest BCUT2D eigenvalue weighted by atomic mass is 16.4. The molecule has 0 unspecified atom stereocenters. The van der Waals surface area contributed by atoms with Crippen LogP contribution in [0.25, 0.3) is 11.3 Å². The average Bonchev–Trinajstić information content (AvgIpc) is 3.12. The largest absolute Gasteiger partial charge is 0.460 e. The van der Waals surface area contributed by atoms with E-state index in [4.69, 9.17) is 8.83 Å². The van der Waals surface area contributed by atoms with Crippen molar-refractivity contribution in [2.45, 2.75) is 6.92 Å². The van der Waals surface area contributed by atoms with Crippen molar-refractivity contribution < 1.29 is 8.83 Å². The van der Waals surface area contributed by atoms with Gasteiger partial charge >= 0.3 is 0 Å². The third-order valence-electron chi connectivity index (χ3n) is 2.96. The molecule has 0 saturated carbocycles. The number of rotatable bonds is 3. The normalized spacial score (nSPS) is 10.9. The zero-order chi connectivity index (χ0) is 14.7. The van der Waals surface area contributed by atoms with Gasteiger partial charge in [-0.1, -0.05) is 30.3 Å². The number of aryl methyl sites for hydroxylation is 1. The number of furan rings is 2. The van der Waals surface area contributed by atoms with Crippen LogP contribution in [0.4, 0.5) is 5.88 Å². The lowest BCUT2D eigenvalue weighted by Gasteiger charge is -1.93. The van der Waals surface area contributed by atoms with E-state index in [1.165, 1.54) is 0 Å². The van der Waals surface area contributed by atoms with Gasteiger partial charge in [0.2, 0.25) is 5.88 Å². The molecule has 0 spiro atoms. The Labute approximate surface area is 122 Å². The molecule has 3 rings (SSSR count). The maximum Gasteiger partial charge on any atom is 0.237 e. The number of aliphatic imine (C=N–C) groups is 1. The van der Waals surface area contributed by atoms with Crippen LogP contribution in [0.5, 0.6) is 0 Å². The van der Waals surface area contributed by atoms with Gasteiger partial charge in [-0.3, -0.25) is 0 Å². The molecule has 4 nitrogen and oxygen atoms in total. The zero-order valence-electron chi connectivity index (χ0n) is 11.4. The second-order valence-corrected chi connectivity index (χ2v) is 4.51. The molecule has 1 aromatic carbocycles. The minimum Gasteiger partial charge on any atom is -0.460 e. The van der Waals surface area contributed by atoms with Crippen molar-refractivity contribution in [2.24, 2.45) is 4.99 Å². The van der Waals surface area contributed by atoms with Crippen LogP contribution in [0.3, 0.4) is 0 Å². The summed E-state index contributed by atoms with van der Waals surface area (Å²) in [5.41, 5.74) is 1.30. The topological polar surface area (TPSA) is 62.4 Å². The highest BCUT2D eigenvalue weighted by Gasteiger charge is 2.11. The summed E-state index contributed by atoms with van der Waals surface area (Å²) in [6, 6.07) is 17.0. The van der Waals surface area contributed by atoms with E-state index in [-0.39, 0.29) is 5.88 Å². The van der Waals surface area contributed by atoms with Crippen molar-refractivity contribution in [1.82, 2.24) is 0 Å². The summed E-state index contributed by atoms with van der Waals surface area (Å²) in [4.78, 5) is 4.20. The van der Waals surface area contributed by atoms with Gasteiger partial charge in [0.25, 0.3) is 0 Å². The average molecular weight is 276 g/mol. The number of hydrogen-bond acceptors (Lipinski definition) is 4. The molecular formula is C17H12N2O2. The number of hydrogen-bond donors (Lipinski definition) is 0. The van der Waals surface area contributed by atoms with Crippen LogP contribution < -0.4 is 0 Å². The predicted octanol–water partition coefficient (Wildman–Crippen LogP) is 4.47. The SMILES string of the molecule is Cc1ccc(C=Nc2oc(-c3ccccc3)cc2C#N)o1. The van der Waals surface area contributed by atoms with E-state index in [1.54, 1.807) is 12.3 Å². The Kier molecular flexibility index (Phi) is 3.40. The van der Waals surface area contributed by atoms with Gasteiger partial charge in [0.05, 0.1) is 6.21 Å². The molecule has 0 amide bonds. The van der Waals surface area contributed by atoms with Crippen LogP contribution in [0.1, 0.15) is 17.1 Å².